The van der Waals surface area contributed by atoms with Gasteiger partial charge in [-0.3, -0.25) is 5.32 Å². The molecule has 88 valence electrons. The molecule has 0 aliphatic heterocycles. The Hall–Kier alpha value is -1.63. The number of aromatic nitrogens is 1. The van der Waals surface area contributed by atoms with Gasteiger partial charge in [-0.05, 0) is 13.8 Å². The smallest absolute Gasteiger partial charge is 0.357 e. The van der Waals surface area contributed by atoms with Crippen molar-refractivity contribution in [3.63, 3.8) is 0 Å². The predicted octanol–water partition coefficient (Wildman–Crippen LogP) is 1.46. The molecule has 2 N–H and O–H groups in total. The van der Waals surface area contributed by atoms with E-state index in [-0.39, 0.29) is 11.7 Å². The Kier molecular flexibility index (Phi) is 4.71. The van der Waals surface area contributed by atoms with Crippen LogP contribution in [0.4, 0.5) is 9.93 Å². The fourth-order valence-electron chi connectivity index (χ4n) is 0.932. The maximum Gasteiger partial charge on any atom is 0.357 e. The van der Waals surface area contributed by atoms with E-state index >= 15 is 0 Å². The average molecular weight is 243 g/mol. The Labute approximate surface area is 97.0 Å². The third-order valence-corrected chi connectivity index (χ3v) is 2.30. The lowest BCUT2D eigenvalue weighted by atomic mass is 10.5. The fourth-order valence-corrected chi connectivity index (χ4v) is 1.61. The van der Waals surface area contributed by atoms with Crippen molar-refractivity contribution in [2.75, 3.05) is 18.5 Å². The molecule has 0 saturated heterocycles. The van der Waals surface area contributed by atoms with Crippen LogP contribution in [0.15, 0.2) is 5.38 Å². The van der Waals surface area contributed by atoms with Gasteiger partial charge in [-0.25, -0.2) is 14.6 Å². The molecule has 0 atom stereocenters. The summed E-state index contributed by atoms with van der Waals surface area (Å²) in [5.74, 6) is -0.484. The van der Waals surface area contributed by atoms with Crippen molar-refractivity contribution in [1.29, 1.82) is 0 Å². The molecule has 0 aliphatic rings. The Morgan fingerprint density at radius 3 is 2.88 bits per heavy atom. The highest BCUT2D eigenvalue weighted by Gasteiger charge is 2.12. The summed E-state index contributed by atoms with van der Waals surface area (Å²) in [6, 6.07) is -0.341. The Bertz CT molecular complexity index is 378. The minimum atomic E-state index is -0.484. The molecule has 1 rings (SSSR count). The standard InChI is InChI=1S/C9H13N3O3S/c1-3-10-8(14)12-9-11-6(5-16-9)7(13)15-4-2/h5H,3-4H2,1-2H3,(H2,10,11,12,14). The third kappa shape index (κ3) is 3.50. The number of carbonyl (C=O) groups is 2. The number of carbonyl (C=O) groups excluding carboxylic acids is 2. The Balaban J connectivity index is 2.57. The molecule has 7 heteroatoms. The van der Waals surface area contributed by atoms with E-state index in [9.17, 15) is 9.59 Å². The molecule has 0 bridgehead atoms. The topological polar surface area (TPSA) is 80.3 Å². The van der Waals surface area contributed by atoms with E-state index in [0.717, 1.165) is 0 Å². The second-order valence-electron chi connectivity index (χ2n) is 2.74. The lowest BCUT2D eigenvalue weighted by Crippen LogP contribution is -2.28. The number of anilines is 1. The van der Waals surface area contributed by atoms with Gasteiger partial charge in [0.15, 0.2) is 10.8 Å². The first-order chi connectivity index (χ1) is 7.67. The Morgan fingerprint density at radius 1 is 1.50 bits per heavy atom. The summed E-state index contributed by atoms with van der Waals surface area (Å²) in [5.41, 5.74) is 0.207. The number of nitrogens with one attached hydrogen (secondary N) is 2. The van der Waals surface area contributed by atoms with Crippen LogP contribution < -0.4 is 10.6 Å². The lowest BCUT2D eigenvalue weighted by Gasteiger charge is -2.01. The highest BCUT2D eigenvalue weighted by molar-refractivity contribution is 7.14. The van der Waals surface area contributed by atoms with Gasteiger partial charge < -0.3 is 10.1 Å². The molecule has 2 amide bonds. The minimum Gasteiger partial charge on any atom is -0.461 e. The van der Waals surface area contributed by atoms with Gasteiger partial charge in [0.1, 0.15) is 0 Å². The summed E-state index contributed by atoms with van der Waals surface area (Å²) in [5, 5.41) is 6.98. The molecule has 0 radical (unpaired) electrons. The van der Waals surface area contributed by atoms with E-state index in [0.29, 0.717) is 18.3 Å². The quantitative estimate of drug-likeness (QED) is 0.784. The van der Waals surface area contributed by atoms with Crippen LogP contribution in [0.25, 0.3) is 0 Å². The largest absolute Gasteiger partial charge is 0.461 e. The third-order valence-electron chi connectivity index (χ3n) is 1.55. The maximum absolute atomic E-state index is 11.3. The van der Waals surface area contributed by atoms with Gasteiger partial charge >= 0.3 is 12.0 Å². The zero-order valence-corrected chi connectivity index (χ0v) is 9.89. The van der Waals surface area contributed by atoms with Crippen molar-refractivity contribution < 1.29 is 14.3 Å². The summed E-state index contributed by atoms with van der Waals surface area (Å²) < 4.78 is 4.77. The highest BCUT2D eigenvalue weighted by atomic mass is 32.1. The fraction of sp³-hybridized carbons (Fsp3) is 0.444. The van der Waals surface area contributed by atoms with Crippen molar-refractivity contribution in [2.24, 2.45) is 0 Å². The molecule has 1 aromatic rings. The molecule has 6 nitrogen and oxygen atoms in total. The summed E-state index contributed by atoms with van der Waals surface area (Å²) >= 11 is 1.17. The molecule has 1 aromatic heterocycles. The molecule has 1 heterocycles. The number of hydrogen-bond donors (Lipinski definition) is 2. The van der Waals surface area contributed by atoms with Gasteiger partial charge in [-0.2, -0.15) is 0 Å². The first-order valence-electron chi connectivity index (χ1n) is 4.84. The minimum absolute atomic E-state index is 0.207. The number of ether oxygens (including phenoxy) is 1. The zero-order chi connectivity index (χ0) is 12.0. The number of esters is 1. The highest BCUT2D eigenvalue weighted by Crippen LogP contribution is 2.15. The number of nitrogens with zero attached hydrogens (tertiary/aromatic N) is 1. The first-order valence-corrected chi connectivity index (χ1v) is 5.72. The van der Waals surface area contributed by atoms with Gasteiger partial charge in [0.2, 0.25) is 0 Å². The molecule has 0 unspecified atom stereocenters. The summed E-state index contributed by atoms with van der Waals surface area (Å²) in [6.07, 6.45) is 0. The second-order valence-corrected chi connectivity index (χ2v) is 3.60. The molecule has 0 saturated carbocycles. The van der Waals surface area contributed by atoms with Crippen molar-refractivity contribution in [3.8, 4) is 0 Å². The number of thiazole rings is 1. The summed E-state index contributed by atoms with van der Waals surface area (Å²) in [4.78, 5) is 26.3. The molecule has 0 fully saturated rings. The zero-order valence-electron chi connectivity index (χ0n) is 9.07. The van der Waals surface area contributed by atoms with Crippen LogP contribution in [0.1, 0.15) is 24.3 Å². The van der Waals surface area contributed by atoms with E-state index in [4.69, 9.17) is 4.74 Å². The number of hydrogen-bond acceptors (Lipinski definition) is 5. The van der Waals surface area contributed by atoms with Crippen molar-refractivity contribution in [2.45, 2.75) is 13.8 Å². The van der Waals surface area contributed by atoms with Crippen LogP contribution in [0, 0.1) is 0 Å². The van der Waals surface area contributed by atoms with Gasteiger partial charge in [0, 0.05) is 11.9 Å². The molecular formula is C9H13N3O3S. The monoisotopic (exact) mass is 243 g/mol. The normalized spacial score (nSPS) is 9.62. The maximum atomic E-state index is 11.3. The van der Waals surface area contributed by atoms with Crippen molar-refractivity contribution in [3.05, 3.63) is 11.1 Å². The van der Waals surface area contributed by atoms with Gasteiger partial charge in [0.25, 0.3) is 0 Å². The predicted molar refractivity (Wildman–Crippen MR) is 60.8 cm³/mol. The molecule has 0 aromatic carbocycles. The van der Waals surface area contributed by atoms with Crippen LogP contribution >= 0.6 is 11.3 Å². The average Bonchev–Trinajstić information content (AvgIpc) is 2.67. The van der Waals surface area contributed by atoms with Crippen molar-refractivity contribution >= 4 is 28.5 Å². The lowest BCUT2D eigenvalue weighted by molar-refractivity contribution is 0.0520. The summed E-state index contributed by atoms with van der Waals surface area (Å²) in [6.45, 7) is 4.36. The molecule has 0 aliphatic carbocycles. The van der Waals surface area contributed by atoms with E-state index < -0.39 is 5.97 Å². The van der Waals surface area contributed by atoms with Gasteiger partial charge in [-0.1, -0.05) is 0 Å². The van der Waals surface area contributed by atoms with Crippen LogP contribution in [0.2, 0.25) is 0 Å². The van der Waals surface area contributed by atoms with E-state index in [1.807, 2.05) is 6.92 Å². The number of amides is 2. The van der Waals surface area contributed by atoms with E-state index in [1.54, 1.807) is 12.3 Å². The van der Waals surface area contributed by atoms with Crippen LogP contribution in [0.5, 0.6) is 0 Å². The number of urea groups is 1. The van der Waals surface area contributed by atoms with Crippen LogP contribution in [-0.2, 0) is 4.74 Å². The van der Waals surface area contributed by atoms with E-state index in [1.165, 1.54) is 11.3 Å². The Morgan fingerprint density at radius 2 is 2.25 bits per heavy atom. The molecular weight excluding hydrogens is 230 g/mol. The number of rotatable bonds is 4. The van der Waals surface area contributed by atoms with E-state index in [2.05, 4.69) is 15.6 Å². The SMILES string of the molecule is CCNC(=O)Nc1nc(C(=O)OCC)cs1. The second kappa shape index (κ2) is 6.06. The summed E-state index contributed by atoms with van der Waals surface area (Å²) in [7, 11) is 0. The molecule has 0 spiro atoms. The van der Waals surface area contributed by atoms with Crippen LogP contribution in [0.3, 0.4) is 0 Å². The first kappa shape index (κ1) is 12.4. The van der Waals surface area contributed by atoms with Gasteiger partial charge in [-0.15, -0.1) is 11.3 Å². The van der Waals surface area contributed by atoms with Crippen LogP contribution in [-0.4, -0.2) is 30.1 Å². The molecule has 16 heavy (non-hydrogen) atoms. The van der Waals surface area contributed by atoms with Gasteiger partial charge in [0.05, 0.1) is 6.61 Å². The van der Waals surface area contributed by atoms with Crippen molar-refractivity contribution in [1.82, 2.24) is 10.3 Å².